The number of ketones is 1. The van der Waals surface area contributed by atoms with Crippen LogP contribution >= 0.6 is 0 Å². The number of Topliss-reactive ketones (excluding diaryl/α,β-unsaturated/α-hetero) is 1. The van der Waals surface area contributed by atoms with Crippen molar-refractivity contribution in [1.82, 2.24) is 10.2 Å². The molecule has 0 saturated carbocycles. The molecule has 0 bridgehead atoms. The van der Waals surface area contributed by atoms with Gasteiger partial charge in [-0.2, -0.15) is 0 Å². The monoisotopic (exact) mass is 527 g/mol. The molecule has 4 rings (SSSR count). The summed E-state index contributed by atoms with van der Waals surface area (Å²) in [4.78, 5) is 33.2. The predicted molar refractivity (Wildman–Crippen MR) is 152 cm³/mol. The van der Waals surface area contributed by atoms with Crippen LogP contribution in [-0.2, 0) is 29.2 Å². The summed E-state index contributed by atoms with van der Waals surface area (Å²) in [6.07, 6.45) is 1.92. The van der Waals surface area contributed by atoms with Crippen molar-refractivity contribution < 1.29 is 14.7 Å². The minimum absolute atomic E-state index is 0.0239. The van der Waals surface area contributed by atoms with E-state index in [-0.39, 0.29) is 41.8 Å². The number of phenolic OH excluding ortho intramolecular Hbond substituents is 1. The first-order valence-corrected chi connectivity index (χ1v) is 13.4. The standard InChI is InChI=1S/C31H37N5O3/c32-31(33)34-18-6-11-24(30(39)35-19-22-12-15-27(37)16-13-22)14-17-28(38)29(23-7-2-1-3-8-23)36-20-25-9-4-5-10-26(25)21-36/h1-5,7-10,12-13,15-16,24,29,37H,6,11,14,17-21H2,(H,35,39)(H4,32,33,34)/t24-,29?/m0/s1. The van der Waals surface area contributed by atoms with Crippen LogP contribution in [-0.4, -0.2) is 34.2 Å². The largest absolute Gasteiger partial charge is 0.508 e. The number of fused-ring (bicyclic) bond motifs is 1. The average molecular weight is 528 g/mol. The van der Waals surface area contributed by atoms with Crippen LogP contribution in [0, 0.1) is 5.92 Å². The van der Waals surface area contributed by atoms with E-state index >= 15 is 0 Å². The highest BCUT2D eigenvalue weighted by Gasteiger charge is 2.32. The van der Waals surface area contributed by atoms with E-state index in [1.54, 1.807) is 24.3 Å². The van der Waals surface area contributed by atoms with E-state index in [1.165, 1.54) is 11.1 Å². The third-order valence-corrected chi connectivity index (χ3v) is 7.17. The second kappa shape index (κ2) is 13.6. The van der Waals surface area contributed by atoms with Gasteiger partial charge in [0.1, 0.15) is 5.75 Å². The Morgan fingerprint density at radius 1 is 0.897 bits per heavy atom. The van der Waals surface area contributed by atoms with Crippen molar-refractivity contribution in [3.63, 3.8) is 0 Å². The number of aliphatic imine (C=N–C) groups is 1. The second-order valence-electron chi connectivity index (χ2n) is 10.0. The molecule has 0 saturated heterocycles. The summed E-state index contributed by atoms with van der Waals surface area (Å²) in [6, 6.07) is 24.5. The number of nitrogens with zero attached hydrogens (tertiary/aromatic N) is 2. The van der Waals surface area contributed by atoms with E-state index in [9.17, 15) is 14.7 Å². The van der Waals surface area contributed by atoms with Gasteiger partial charge in [0.05, 0.1) is 6.04 Å². The number of carbonyl (C=O) groups is 2. The number of aromatic hydroxyl groups is 1. The van der Waals surface area contributed by atoms with Crippen molar-refractivity contribution >= 4 is 17.6 Å². The van der Waals surface area contributed by atoms with Crippen LogP contribution in [0.2, 0.25) is 0 Å². The number of phenols is 1. The van der Waals surface area contributed by atoms with E-state index in [0.29, 0.717) is 32.4 Å². The summed E-state index contributed by atoms with van der Waals surface area (Å²) in [5.41, 5.74) is 15.3. The number of amides is 1. The van der Waals surface area contributed by atoms with Gasteiger partial charge in [0.25, 0.3) is 0 Å². The van der Waals surface area contributed by atoms with Crippen molar-refractivity contribution in [1.29, 1.82) is 0 Å². The molecule has 1 aliphatic rings. The Bertz CT molecular complexity index is 1250. The van der Waals surface area contributed by atoms with Crippen LogP contribution < -0.4 is 16.8 Å². The Labute approximate surface area is 229 Å². The van der Waals surface area contributed by atoms with Crippen LogP contribution in [0.4, 0.5) is 0 Å². The summed E-state index contributed by atoms with van der Waals surface area (Å²) in [5, 5.41) is 12.5. The number of carbonyl (C=O) groups excluding carboxylic acids is 2. The predicted octanol–water partition coefficient (Wildman–Crippen LogP) is 3.78. The molecule has 1 aliphatic heterocycles. The Morgan fingerprint density at radius 3 is 2.18 bits per heavy atom. The van der Waals surface area contributed by atoms with Crippen LogP contribution in [0.5, 0.6) is 5.75 Å². The molecule has 39 heavy (non-hydrogen) atoms. The summed E-state index contributed by atoms with van der Waals surface area (Å²) in [5.74, 6) is -0.154. The number of guanidine groups is 1. The third-order valence-electron chi connectivity index (χ3n) is 7.17. The van der Waals surface area contributed by atoms with Gasteiger partial charge in [-0.25, -0.2) is 0 Å². The maximum Gasteiger partial charge on any atom is 0.223 e. The fraction of sp³-hybridized carbons (Fsp3) is 0.323. The zero-order valence-corrected chi connectivity index (χ0v) is 22.1. The lowest BCUT2D eigenvalue weighted by molar-refractivity contribution is -0.127. The van der Waals surface area contributed by atoms with Gasteiger partial charge >= 0.3 is 0 Å². The third kappa shape index (κ3) is 7.91. The van der Waals surface area contributed by atoms with Gasteiger partial charge in [-0.1, -0.05) is 66.7 Å². The summed E-state index contributed by atoms with van der Waals surface area (Å²) >= 11 is 0. The number of hydrogen-bond donors (Lipinski definition) is 4. The molecule has 1 amide bonds. The molecule has 0 aliphatic carbocycles. The highest BCUT2D eigenvalue weighted by atomic mass is 16.3. The number of hydrogen-bond acceptors (Lipinski definition) is 5. The highest BCUT2D eigenvalue weighted by Crippen LogP contribution is 2.33. The quantitative estimate of drug-likeness (QED) is 0.152. The van der Waals surface area contributed by atoms with Crippen LogP contribution in [0.1, 0.15) is 54.0 Å². The molecule has 0 radical (unpaired) electrons. The Balaban J connectivity index is 1.44. The van der Waals surface area contributed by atoms with E-state index in [1.807, 2.05) is 42.5 Å². The molecule has 8 nitrogen and oxygen atoms in total. The van der Waals surface area contributed by atoms with Gasteiger partial charge in [-0.15, -0.1) is 0 Å². The molecule has 0 spiro atoms. The minimum atomic E-state index is -0.374. The van der Waals surface area contributed by atoms with Crippen LogP contribution in [0.15, 0.2) is 83.9 Å². The molecule has 3 aromatic carbocycles. The Kier molecular flexibility index (Phi) is 9.69. The average Bonchev–Trinajstić information content (AvgIpc) is 3.36. The molecule has 1 heterocycles. The zero-order valence-electron chi connectivity index (χ0n) is 22.1. The van der Waals surface area contributed by atoms with Crippen LogP contribution in [0.3, 0.4) is 0 Å². The Hall–Kier alpha value is -4.17. The molecular formula is C31H37N5O3. The minimum Gasteiger partial charge on any atom is -0.508 e. The molecule has 6 N–H and O–H groups in total. The second-order valence-corrected chi connectivity index (χ2v) is 10.0. The lowest BCUT2D eigenvalue weighted by Gasteiger charge is -2.27. The molecule has 0 fully saturated rings. The maximum absolute atomic E-state index is 13.8. The van der Waals surface area contributed by atoms with Crippen molar-refractivity contribution in [2.75, 3.05) is 6.54 Å². The molecule has 0 aromatic heterocycles. The lowest BCUT2D eigenvalue weighted by atomic mass is 9.91. The van der Waals surface area contributed by atoms with Crippen molar-refractivity contribution in [3.05, 3.63) is 101 Å². The first kappa shape index (κ1) is 27.9. The lowest BCUT2D eigenvalue weighted by Crippen LogP contribution is -2.33. The number of benzene rings is 3. The van der Waals surface area contributed by atoms with Gasteiger partial charge in [-0.05, 0) is 53.6 Å². The van der Waals surface area contributed by atoms with Crippen molar-refractivity contribution in [2.45, 2.75) is 51.4 Å². The van der Waals surface area contributed by atoms with E-state index in [2.05, 4.69) is 27.3 Å². The normalized spacial score (nSPS) is 14.3. The molecular weight excluding hydrogens is 490 g/mol. The number of nitrogens with one attached hydrogen (secondary N) is 1. The first-order chi connectivity index (χ1) is 18.9. The maximum atomic E-state index is 13.8. The molecule has 2 atom stereocenters. The van der Waals surface area contributed by atoms with Gasteiger partial charge in [-0.3, -0.25) is 19.5 Å². The van der Waals surface area contributed by atoms with E-state index in [4.69, 9.17) is 11.5 Å². The molecule has 1 unspecified atom stereocenters. The summed E-state index contributed by atoms with van der Waals surface area (Å²) in [6.45, 7) is 2.21. The number of rotatable bonds is 13. The van der Waals surface area contributed by atoms with Crippen molar-refractivity contribution in [3.8, 4) is 5.75 Å². The SMILES string of the molecule is NC(N)=NCCC[C@@H](CCC(=O)C(c1ccccc1)N1Cc2ccccc2C1)C(=O)NCc1ccc(O)cc1. The fourth-order valence-electron chi connectivity index (χ4n) is 5.13. The summed E-state index contributed by atoms with van der Waals surface area (Å²) in [7, 11) is 0. The smallest absolute Gasteiger partial charge is 0.223 e. The van der Waals surface area contributed by atoms with Gasteiger partial charge < -0.3 is 21.9 Å². The molecule has 8 heteroatoms. The van der Waals surface area contributed by atoms with Gasteiger partial charge in [0.15, 0.2) is 11.7 Å². The highest BCUT2D eigenvalue weighted by molar-refractivity contribution is 5.86. The Morgan fingerprint density at radius 2 is 1.54 bits per heavy atom. The molecule has 204 valence electrons. The fourth-order valence-corrected chi connectivity index (χ4v) is 5.13. The van der Waals surface area contributed by atoms with Gasteiger partial charge in [0.2, 0.25) is 5.91 Å². The first-order valence-electron chi connectivity index (χ1n) is 13.4. The van der Waals surface area contributed by atoms with E-state index < -0.39 is 0 Å². The summed E-state index contributed by atoms with van der Waals surface area (Å²) < 4.78 is 0. The van der Waals surface area contributed by atoms with E-state index in [0.717, 1.165) is 24.2 Å². The zero-order chi connectivity index (χ0) is 27.6. The topological polar surface area (TPSA) is 134 Å². The number of nitrogens with two attached hydrogens (primary N) is 2. The van der Waals surface area contributed by atoms with Crippen molar-refractivity contribution in [2.24, 2.45) is 22.4 Å². The molecule has 3 aromatic rings. The van der Waals surface area contributed by atoms with Gasteiger partial charge in [0, 0.05) is 38.5 Å². The van der Waals surface area contributed by atoms with Crippen LogP contribution in [0.25, 0.3) is 0 Å².